The van der Waals surface area contributed by atoms with Gasteiger partial charge < -0.3 is 9.94 Å². The van der Waals surface area contributed by atoms with Crippen LogP contribution in [-0.2, 0) is 4.74 Å². The van der Waals surface area contributed by atoms with Crippen LogP contribution in [0.4, 0.5) is 0 Å². The van der Waals surface area contributed by atoms with Gasteiger partial charge in [0, 0.05) is 13.7 Å². The number of hydrogen-bond donors (Lipinski definition) is 2. The number of ether oxygens (including phenoxy) is 1. The third kappa shape index (κ3) is 4.35. The molecule has 0 rings (SSSR count). The van der Waals surface area contributed by atoms with Gasteiger partial charge in [0.15, 0.2) is 0 Å². The highest BCUT2D eigenvalue weighted by Crippen LogP contribution is 2.23. The zero-order chi connectivity index (χ0) is 8.91. The van der Waals surface area contributed by atoms with Crippen molar-refractivity contribution in [1.29, 1.82) is 0 Å². The third-order valence-electron chi connectivity index (χ3n) is 1.77. The lowest BCUT2D eigenvalue weighted by atomic mass is 9.87. The molecule has 0 saturated heterocycles. The Morgan fingerprint density at radius 1 is 1.45 bits per heavy atom. The molecule has 11 heavy (non-hydrogen) atoms. The summed E-state index contributed by atoms with van der Waals surface area (Å²) in [5, 5.41) is 8.37. The Morgan fingerprint density at radius 3 is 2.27 bits per heavy atom. The van der Waals surface area contributed by atoms with E-state index in [9.17, 15) is 0 Å². The molecule has 0 aliphatic carbocycles. The summed E-state index contributed by atoms with van der Waals surface area (Å²) in [6.07, 6.45) is 1.03. The summed E-state index contributed by atoms with van der Waals surface area (Å²) < 4.78 is 5.27. The molecule has 0 aromatic heterocycles. The van der Waals surface area contributed by atoms with Crippen LogP contribution in [0, 0.1) is 5.41 Å². The van der Waals surface area contributed by atoms with Gasteiger partial charge in [0.05, 0.1) is 6.10 Å². The van der Waals surface area contributed by atoms with Crippen LogP contribution in [0.2, 0.25) is 0 Å². The Morgan fingerprint density at radius 2 is 2.00 bits per heavy atom. The van der Waals surface area contributed by atoms with Crippen LogP contribution in [0.3, 0.4) is 0 Å². The molecule has 0 heterocycles. The second-order valence-electron chi connectivity index (χ2n) is 3.79. The largest absolute Gasteiger partial charge is 0.381 e. The normalized spacial score (nSPS) is 15.0. The van der Waals surface area contributed by atoms with Gasteiger partial charge in [-0.15, -0.1) is 0 Å². The van der Waals surface area contributed by atoms with Gasteiger partial charge in [-0.1, -0.05) is 20.8 Å². The summed E-state index contributed by atoms with van der Waals surface area (Å²) in [5.41, 5.74) is 2.27. The van der Waals surface area contributed by atoms with Crippen LogP contribution >= 0.6 is 0 Å². The molecule has 68 valence electrons. The van der Waals surface area contributed by atoms with Gasteiger partial charge in [-0.05, 0) is 11.8 Å². The molecular weight excluding hydrogens is 142 g/mol. The maximum atomic E-state index is 8.37. The number of methoxy groups -OCH3 is 1. The summed E-state index contributed by atoms with van der Waals surface area (Å²) in [5.74, 6) is 0. The minimum Gasteiger partial charge on any atom is -0.381 e. The highest BCUT2D eigenvalue weighted by Gasteiger charge is 2.23. The van der Waals surface area contributed by atoms with Gasteiger partial charge in [-0.3, -0.25) is 0 Å². The van der Waals surface area contributed by atoms with E-state index >= 15 is 0 Å². The van der Waals surface area contributed by atoms with Crippen molar-refractivity contribution in [2.24, 2.45) is 5.41 Å². The van der Waals surface area contributed by atoms with Crippen molar-refractivity contribution in [2.45, 2.75) is 33.3 Å². The molecule has 1 atom stereocenters. The molecule has 0 amide bonds. The summed E-state index contributed by atoms with van der Waals surface area (Å²) in [6.45, 7) is 6.95. The molecule has 3 nitrogen and oxygen atoms in total. The topological polar surface area (TPSA) is 41.5 Å². The molecule has 3 heteroatoms. The Kier molecular flexibility index (Phi) is 4.65. The van der Waals surface area contributed by atoms with Gasteiger partial charge in [0.25, 0.3) is 0 Å². The number of rotatable bonds is 4. The summed E-state index contributed by atoms with van der Waals surface area (Å²) >= 11 is 0. The fraction of sp³-hybridized carbons (Fsp3) is 1.00. The average Bonchev–Trinajstić information content (AvgIpc) is 1.87. The van der Waals surface area contributed by atoms with Crippen molar-refractivity contribution in [3.63, 3.8) is 0 Å². The molecule has 0 bridgehead atoms. The molecular formula is C8H19NO2. The number of nitrogens with one attached hydrogen (secondary N) is 1. The Bertz CT molecular complexity index is 98.8. The monoisotopic (exact) mass is 161 g/mol. The van der Waals surface area contributed by atoms with Crippen molar-refractivity contribution in [3.05, 3.63) is 0 Å². The molecule has 0 saturated carbocycles. The minimum absolute atomic E-state index is 0.144. The summed E-state index contributed by atoms with van der Waals surface area (Å²) in [6, 6.07) is 0. The Labute approximate surface area is 68.7 Å². The van der Waals surface area contributed by atoms with E-state index in [1.807, 2.05) is 0 Å². The fourth-order valence-electron chi connectivity index (χ4n) is 1.10. The van der Waals surface area contributed by atoms with Crippen molar-refractivity contribution >= 4 is 0 Å². The minimum atomic E-state index is 0.144. The molecule has 0 fully saturated rings. The SMILES string of the molecule is COC(CCNO)C(C)(C)C. The van der Waals surface area contributed by atoms with E-state index in [4.69, 9.17) is 9.94 Å². The van der Waals surface area contributed by atoms with Crippen LogP contribution in [0.15, 0.2) is 0 Å². The van der Waals surface area contributed by atoms with E-state index in [1.54, 1.807) is 7.11 Å². The van der Waals surface area contributed by atoms with Gasteiger partial charge in [-0.25, -0.2) is 5.48 Å². The Balaban J connectivity index is 3.76. The molecule has 2 N–H and O–H groups in total. The van der Waals surface area contributed by atoms with E-state index in [0.29, 0.717) is 6.54 Å². The number of hydroxylamine groups is 1. The second kappa shape index (κ2) is 4.70. The lowest BCUT2D eigenvalue weighted by Crippen LogP contribution is -2.31. The van der Waals surface area contributed by atoms with Crippen molar-refractivity contribution in [2.75, 3.05) is 13.7 Å². The second-order valence-corrected chi connectivity index (χ2v) is 3.79. The van der Waals surface area contributed by atoms with Crippen molar-refractivity contribution < 1.29 is 9.94 Å². The zero-order valence-corrected chi connectivity index (χ0v) is 7.85. The summed E-state index contributed by atoms with van der Waals surface area (Å²) in [4.78, 5) is 0. The highest BCUT2D eigenvalue weighted by molar-refractivity contribution is 4.74. The molecule has 0 radical (unpaired) electrons. The lowest BCUT2D eigenvalue weighted by Gasteiger charge is -2.29. The predicted octanol–water partition coefficient (Wildman–Crippen LogP) is 1.42. The van der Waals surface area contributed by atoms with Gasteiger partial charge in [0.1, 0.15) is 0 Å². The first-order valence-electron chi connectivity index (χ1n) is 3.92. The molecule has 0 aromatic rings. The van der Waals surface area contributed by atoms with E-state index in [-0.39, 0.29) is 11.5 Å². The maximum absolute atomic E-state index is 8.37. The molecule has 0 spiro atoms. The first-order chi connectivity index (χ1) is 5.02. The standard InChI is InChI=1S/C8H19NO2/c1-8(2,3)7(11-4)5-6-9-10/h7,9-10H,5-6H2,1-4H3. The lowest BCUT2D eigenvalue weighted by molar-refractivity contribution is 0.00388. The third-order valence-corrected chi connectivity index (χ3v) is 1.77. The van der Waals surface area contributed by atoms with Crippen LogP contribution in [0.5, 0.6) is 0 Å². The van der Waals surface area contributed by atoms with Gasteiger partial charge in [0.2, 0.25) is 0 Å². The summed E-state index contributed by atoms with van der Waals surface area (Å²) in [7, 11) is 1.70. The average molecular weight is 161 g/mol. The maximum Gasteiger partial charge on any atom is 0.0632 e. The van der Waals surface area contributed by atoms with E-state index < -0.39 is 0 Å². The number of hydrogen-bond acceptors (Lipinski definition) is 3. The quantitative estimate of drug-likeness (QED) is 0.613. The van der Waals surface area contributed by atoms with E-state index in [1.165, 1.54) is 0 Å². The fourth-order valence-corrected chi connectivity index (χ4v) is 1.10. The van der Waals surface area contributed by atoms with Gasteiger partial charge >= 0.3 is 0 Å². The first-order valence-corrected chi connectivity index (χ1v) is 3.92. The van der Waals surface area contributed by atoms with Crippen molar-refractivity contribution in [1.82, 2.24) is 5.48 Å². The molecule has 1 unspecified atom stereocenters. The smallest absolute Gasteiger partial charge is 0.0632 e. The van der Waals surface area contributed by atoms with E-state index in [0.717, 1.165) is 6.42 Å². The molecule has 0 aromatic carbocycles. The van der Waals surface area contributed by atoms with Gasteiger partial charge in [-0.2, -0.15) is 0 Å². The zero-order valence-electron chi connectivity index (χ0n) is 7.85. The van der Waals surface area contributed by atoms with Crippen LogP contribution in [0.1, 0.15) is 27.2 Å². The van der Waals surface area contributed by atoms with Crippen LogP contribution < -0.4 is 5.48 Å². The molecule has 0 aliphatic heterocycles. The van der Waals surface area contributed by atoms with Crippen LogP contribution in [-0.4, -0.2) is 25.0 Å². The van der Waals surface area contributed by atoms with E-state index in [2.05, 4.69) is 26.3 Å². The van der Waals surface area contributed by atoms with Crippen LogP contribution in [0.25, 0.3) is 0 Å². The highest BCUT2D eigenvalue weighted by atomic mass is 16.5. The predicted molar refractivity (Wildman–Crippen MR) is 44.7 cm³/mol. The first kappa shape index (κ1) is 10.9. The Hall–Kier alpha value is -0.120. The van der Waals surface area contributed by atoms with Crippen molar-refractivity contribution in [3.8, 4) is 0 Å². The molecule has 0 aliphatic rings.